The Hall–Kier alpha value is -0.860. The molecule has 1 heterocycles. The molecule has 3 unspecified atom stereocenters. The first-order chi connectivity index (χ1) is 9.69. The summed E-state index contributed by atoms with van der Waals surface area (Å²) in [5.41, 5.74) is 1.51. The molecule has 1 aromatic heterocycles. The third kappa shape index (κ3) is 2.64. The van der Waals surface area contributed by atoms with Gasteiger partial charge in [0.1, 0.15) is 0 Å². The Labute approximate surface area is 126 Å². The lowest BCUT2D eigenvalue weighted by Crippen LogP contribution is -2.31. The maximum atomic E-state index is 3.61. The molecule has 0 spiro atoms. The molecule has 3 rings (SSSR count). The molecule has 0 aliphatic heterocycles. The van der Waals surface area contributed by atoms with Crippen LogP contribution in [0.2, 0.25) is 0 Å². The minimum atomic E-state index is 0.511. The summed E-state index contributed by atoms with van der Waals surface area (Å²) in [6.07, 6.45) is 4.12. The van der Waals surface area contributed by atoms with Gasteiger partial charge in [-0.3, -0.25) is 0 Å². The summed E-state index contributed by atoms with van der Waals surface area (Å²) in [5, 5.41) is 7.43. The third-order valence-corrected chi connectivity index (χ3v) is 5.83. The van der Waals surface area contributed by atoms with Gasteiger partial charge < -0.3 is 5.32 Å². The molecule has 2 heteroatoms. The van der Waals surface area contributed by atoms with Gasteiger partial charge >= 0.3 is 0 Å². The Bertz CT molecular complexity index is 564. The second kappa shape index (κ2) is 5.87. The highest BCUT2D eigenvalue weighted by molar-refractivity contribution is 7.17. The second-order valence-corrected chi connectivity index (χ2v) is 7.54. The van der Waals surface area contributed by atoms with E-state index in [9.17, 15) is 0 Å². The maximum absolute atomic E-state index is 3.61. The molecule has 1 N–H and O–H groups in total. The predicted molar refractivity (Wildman–Crippen MR) is 89.3 cm³/mol. The summed E-state index contributed by atoms with van der Waals surface area (Å²) in [4.78, 5) is 0. The molecule has 1 aromatic carbocycles. The number of hydrogen-bond donors (Lipinski definition) is 1. The average Bonchev–Trinajstić information content (AvgIpc) is 2.83. The molecule has 1 saturated carbocycles. The van der Waals surface area contributed by atoms with E-state index in [2.05, 4.69) is 55.9 Å². The topological polar surface area (TPSA) is 12.0 Å². The van der Waals surface area contributed by atoms with Gasteiger partial charge in [-0.1, -0.05) is 32.0 Å². The quantitative estimate of drug-likeness (QED) is 0.814. The van der Waals surface area contributed by atoms with Gasteiger partial charge in [0.25, 0.3) is 0 Å². The molecule has 0 radical (unpaired) electrons. The molecule has 2 aromatic rings. The van der Waals surface area contributed by atoms with E-state index < -0.39 is 0 Å². The van der Waals surface area contributed by atoms with Crippen molar-refractivity contribution in [3.63, 3.8) is 0 Å². The van der Waals surface area contributed by atoms with Crippen LogP contribution in [0.5, 0.6) is 0 Å². The zero-order chi connectivity index (χ0) is 14.1. The van der Waals surface area contributed by atoms with E-state index in [1.54, 1.807) is 0 Å². The molecular weight excluding hydrogens is 262 g/mol. The molecule has 1 fully saturated rings. The largest absolute Gasteiger partial charge is 0.313 e. The molecule has 1 aliphatic carbocycles. The predicted octanol–water partition coefficient (Wildman–Crippen LogP) is 5.23. The number of rotatable bonds is 3. The van der Waals surface area contributed by atoms with Gasteiger partial charge in [0.15, 0.2) is 0 Å². The van der Waals surface area contributed by atoms with Gasteiger partial charge in [-0.2, -0.15) is 0 Å². The average molecular weight is 287 g/mol. The molecule has 0 amide bonds. The summed E-state index contributed by atoms with van der Waals surface area (Å²) in [6, 6.07) is 9.33. The van der Waals surface area contributed by atoms with Crippen molar-refractivity contribution in [2.75, 3.05) is 7.05 Å². The Kier molecular flexibility index (Phi) is 4.13. The monoisotopic (exact) mass is 287 g/mol. The van der Waals surface area contributed by atoms with Crippen LogP contribution < -0.4 is 5.32 Å². The smallest absolute Gasteiger partial charge is 0.0360 e. The van der Waals surface area contributed by atoms with Crippen molar-refractivity contribution in [1.82, 2.24) is 5.32 Å². The summed E-state index contributed by atoms with van der Waals surface area (Å²) < 4.78 is 1.42. The molecular formula is C18H25NS. The van der Waals surface area contributed by atoms with E-state index in [1.165, 1.54) is 34.9 Å². The lowest BCUT2D eigenvalue weighted by atomic mass is 9.72. The molecule has 0 saturated heterocycles. The van der Waals surface area contributed by atoms with Gasteiger partial charge in [-0.05, 0) is 66.5 Å². The fourth-order valence-electron chi connectivity index (χ4n) is 4.17. The molecule has 108 valence electrons. The first-order valence-corrected chi connectivity index (χ1v) is 8.70. The first kappa shape index (κ1) is 14.1. The minimum absolute atomic E-state index is 0.511. The highest BCUT2D eigenvalue weighted by Gasteiger charge is 2.31. The maximum Gasteiger partial charge on any atom is 0.0360 e. The van der Waals surface area contributed by atoms with Crippen LogP contribution in [0, 0.1) is 17.8 Å². The molecule has 1 nitrogen and oxygen atoms in total. The van der Waals surface area contributed by atoms with Crippen LogP contribution in [-0.2, 0) is 0 Å². The van der Waals surface area contributed by atoms with E-state index in [1.807, 2.05) is 11.3 Å². The SMILES string of the molecule is CNC(c1csc2ccccc12)C1CC(C)CC(C)C1. The van der Waals surface area contributed by atoms with Crippen LogP contribution in [0.4, 0.5) is 0 Å². The zero-order valence-electron chi connectivity index (χ0n) is 12.7. The van der Waals surface area contributed by atoms with Crippen LogP contribution >= 0.6 is 11.3 Å². The van der Waals surface area contributed by atoms with Crippen molar-refractivity contribution in [1.29, 1.82) is 0 Å². The van der Waals surface area contributed by atoms with Crippen molar-refractivity contribution in [3.05, 3.63) is 35.2 Å². The number of thiophene rings is 1. The normalized spacial score (nSPS) is 28.6. The number of fused-ring (bicyclic) bond motifs is 1. The summed E-state index contributed by atoms with van der Waals surface area (Å²) in [6.45, 7) is 4.84. The molecule has 0 bridgehead atoms. The summed E-state index contributed by atoms with van der Waals surface area (Å²) in [7, 11) is 2.13. The molecule has 3 atom stereocenters. The van der Waals surface area contributed by atoms with Gasteiger partial charge in [0, 0.05) is 10.7 Å². The summed E-state index contributed by atoms with van der Waals surface area (Å²) >= 11 is 1.88. The molecule has 1 aliphatic rings. The Morgan fingerprint density at radius 2 is 1.80 bits per heavy atom. The van der Waals surface area contributed by atoms with Crippen molar-refractivity contribution in [2.24, 2.45) is 17.8 Å². The van der Waals surface area contributed by atoms with E-state index in [4.69, 9.17) is 0 Å². The van der Waals surface area contributed by atoms with Crippen molar-refractivity contribution >= 4 is 21.4 Å². The van der Waals surface area contributed by atoms with Crippen molar-refractivity contribution in [2.45, 2.75) is 39.2 Å². The van der Waals surface area contributed by atoms with Gasteiger partial charge in [0.05, 0.1) is 0 Å². The standard InChI is InChI=1S/C18H25NS/c1-12-8-13(2)10-14(9-12)18(19-3)16-11-20-17-7-5-4-6-15(16)17/h4-7,11-14,18-19H,8-10H2,1-3H3. The van der Waals surface area contributed by atoms with E-state index in [0.717, 1.165) is 17.8 Å². The van der Waals surface area contributed by atoms with Crippen molar-refractivity contribution in [3.8, 4) is 0 Å². The Morgan fingerprint density at radius 1 is 1.10 bits per heavy atom. The molecule has 20 heavy (non-hydrogen) atoms. The van der Waals surface area contributed by atoms with Crippen molar-refractivity contribution < 1.29 is 0 Å². The van der Waals surface area contributed by atoms with Crippen LogP contribution in [0.1, 0.15) is 44.7 Å². The lowest BCUT2D eigenvalue weighted by Gasteiger charge is -2.36. The van der Waals surface area contributed by atoms with E-state index in [0.29, 0.717) is 6.04 Å². The number of hydrogen-bond acceptors (Lipinski definition) is 2. The fourth-order valence-corrected chi connectivity index (χ4v) is 5.16. The van der Waals surface area contributed by atoms with Crippen LogP contribution in [0.15, 0.2) is 29.6 Å². The van der Waals surface area contributed by atoms with E-state index >= 15 is 0 Å². The van der Waals surface area contributed by atoms with Crippen LogP contribution in [0.3, 0.4) is 0 Å². The number of nitrogens with one attached hydrogen (secondary N) is 1. The van der Waals surface area contributed by atoms with Crippen LogP contribution in [0.25, 0.3) is 10.1 Å². The highest BCUT2D eigenvalue weighted by atomic mass is 32.1. The lowest BCUT2D eigenvalue weighted by molar-refractivity contribution is 0.181. The third-order valence-electron chi connectivity index (χ3n) is 4.84. The Morgan fingerprint density at radius 3 is 2.50 bits per heavy atom. The van der Waals surface area contributed by atoms with Gasteiger partial charge in [-0.15, -0.1) is 11.3 Å². The summed E-state index contributed by atoms with van der Waals surface area (Å²) in [5.74, 6) is 2.51. The number of benzene rings is 1. The van der Waals surface area contributed by atoms with Crippen LogP contribution in [-0.4, -0.2) is 7.05 Å². The van der Waals surface area contributed by atoms with E-state index in [-0.39, 0.29) is 0 Å². The van der Waals surface area contributed by atoms with Gasteiger partial charge in [0.2, 0.25) is 0 Å². The fraction of sp³-hybridized carbons (Fsp3) is 0.556. The second-order valence-electron chi connectivity index (χ2n) is 6.63. The Balaban J connectivity index is 1.93. The zero-order valence-corrected chi connectivity index (χ0v) is 13.5. The minimum Gasteiger partial charge on any atom is -0.313 e. The first-order valence-electron chi connectivity index (χ1n) is 7.82. The highest BCUT2D eigenvalue weighted by Crippen LogP contribution is 2.42. The van der Waals surface area contributed by atoms with Gasteiger partial charge in [-0.25, -0.2) is 0 Å².